The molecule has 4 heterocycles. The Bertz CT molecular complexity index is 949. The average Bonchev–Trinajstić information content (AvgIpc) is 3.11. The summed E-state index contributed by atoms with van der Waals surface area (Å²) in [5, 5.41) is 6.49. The highest BCUT2D eigenvalue weighted by atomic mass is 79.9. The maximum atomic E-state index is 5.10. The van der Waals surface area contributed by atoms with Gasteiger partial charge in [0.1, 0.15) is 0 Å². The van der Waals surface area contributed by atoms with Crippen LogP contribution in [0.2, 0.25) is 0 Å². The van der Waals surface area contributed by atoms with Crippen LogP contribution >= 0.6 is 27.3 Å². The number of aliphatic imine (C=N–C) groups is 1. The van der Waals surface area contributed by atoms with Crippen molar-refractivity contribution in [1.29, 1.82) is 0 Å². The Morgan fingerprint density at radius 2 is 1.96 bits per heavy atom. The second kappa shape index (κ2) is 4.74. The first-order valence-corrected chi connectivity index (χ1v) is 9.16. The summed E-state index contributed by atoms with van der Waals surface area (Å²) in [6.07, 6.45) is 5.65. The summed E-state index contributed by atoms with van der Waals surface area (Å²) in [6, 6.07) is 2.23. The number of rotatable bonds is 1. The van der Waals surface area contributed by atoms with Gasteiger partial charge in [0.15, 0.2) is 5.65 Å². The molecule has 1 aliphatic heterocycles. The summed E-state index contributed by atoms with van der Waals surface area (Å²) >= 11 is 5.21. The van der Waals surface area contributed by atoms with Crippen LogP contribution < -0.4 is 0 Å². The topological polar surface area (TPSA) is 42.5 Å². The second-order valence-corrected chi connectivity index (χ2v) is 8.68. The van der Waals surface area contributed by atoms with E-state index in [-0.39, 0.29) is 11.0 Å². The molecule has 0 spiro atoms. The van der Waals surface area contributed by atoms with Gasteiger partial charge in [-0.15, -0.1) is 11.3 Å². The summed E-state index contributed by atoms with van der Waals surface area (Å²) in [5.41, 5.74) is 4.00. The van der Waals surface area contributed by atoms with Gasteiger partial charge in [-0.05, 0) is 46.8 Å². The highest BCUT2D eigenvalue weighted by molar-refractivity contribution is 9.10. The molecule has 0 saturated heterocycles. The van der Waals surface area contributed by atoms with Crippen LogP contribution in [-0.2, 0) is 5.41 Å². The molecule has 3 aromatic heterocycles. The molecule has 0 atom stereocenters. The molecule has 1 aliphatic rings. The number of hydrogen-bond acceptors (Lipinski definition) is 4. The van der Waals surface area contributed by atoms with E-state index in [9.17, 15) is 0 Å². The Morgan fingerprint density at radius 3 is 2.74 bits per heavy atom. The third-order valence-electron chi connectivity index (χ3n) is 5.06. The van der Waals surface area contributed by atoms with E-state index in [0.29, 0.717) is 0 Å². The van der Waals surface area contributed by atoms with Gasteiger partial charge in [-0.1, -0.05) is 13.8 Å². The van der Waals surface area contributed by atoms with Gasteiger partial charge in [-0.2, -0.15) is 5.10 Å². The fourth-order valence-corrected chi connectivity index (χ4v) is 4.39. The largest absolute Gasteiger partial charge is 0.276 e. The van der Waals surface area contributed by atoms with Crippen molar-refractivity contribution in [2.24, 2.45) is 4.99 Å². The summed E-state index contributed by atoms with van der Waals surface area (Å²) in [6.45, 7) is 8.93. The maximum Gasteiger partial charge on any atom is 0.169 e. The van der Waals surface area contributed by atoms with Gasteiger partial charge in [0.2, 0.25) is 0 Å². The normalized spacial score (nSPS) is 18.7. The third kappa shape index (κ3) is 2.04. The van der Waals surface area contributed by atoms with Crippen molar-refractivity contribution >= 4 is 38.6 Å². The molecule has 4 nitrogen and oxygen atoms in total. The Kier molecular flexibility index (Phi) is 3.09. The van der Waals surface area contributed by atoms with Gasteiger partial charge in [-0.3, -0.25) is 4.99 Å². The molecule has 6 heteroatoms. The van der Waals surface area contributed by atoms with Crippen LogP contribution in [0.1, 0.15) is 43.7 Å². The van der Waals surface area contributed by atoms with E-state index < -0.39 is 0 Å². The maximum absolute atomic E-state index is 5.10. The molecule has 0 amide bonds. The van der Waals surface area contributed by atoms with Crippen LogP contribution in [-0.4, -0.2) is 25.8 Å². The van der Waals surface area contributed by atoms with Gasteiger partial charge >= 0.3 is 0 Å². The number of hydrogen-bond donors (Lipinski definition) is 0. The van der Waals surface area contributed by atoms with Crippen molar-refractivity contribution in [2.75, 3.05) is 0 Å². The van der Waals surface area contributed by atoms with Crippen molar-refractivity contribution < 1.29 is 0 Å². The number of fused-ring (bicyclic) bond motifs is 2. The standard InChI is InChI=1S/C17H17BrN4S/c1-16(2)11-5-6-23-14(11)13(21-17(16,3)4)10-7-19-15-12(18)8-20-22(15)9-10/h5-9H,1-4H3. The smallest absolute Gasteiger partial charge is 0.169 e. The lowest BCUT2D eigenvalue weighted by molar-refractivity contribution is 0.305. The molecule has 0 bridgehead atoms. The predicted octanol–water partition coefficient (Wildman–Crippen LogP) is 4.46. The Labute approximate surface area is 147 Å². The first kappa shape index (κ1) is 15.0. The van der Waals surface area contributed by atoms with E-state index in [1.54, 1.807) is 22.0 Å². The van der Waals surface area contributed by atoms with Crippen molar-refractivity contribution in [3.05, 3.63) is 50.5 Å². The van der Waals surface area contributed by atoms with Gasteiger partial charge < -0.3 is 0 Å². The Hall–Kier alpha value is -1.53. The molecular formula is C17H17BrN4S. The molecule has 0 aliphatic carbocycles. The summed E-state index contributed by atoms with van der Waals surface area (Å²) in [4.78, 5) is 10.9. The minimum absolute atomic E-state index is 0.00189. The SMILES string of the molecule is CC1(C)N=C(c2cnc3c(Br)cnn3c2)c2sccc2C1(C)C. The number of nitrogens with zero attached hydrogens (tertiary/aromatic N) is 4. The van der Waals surface area contributed by atoms with Gasteiger partial charge in [-0.25, -0.2) is 9.50 Å². The summed E-state index contributed by atoms with van der Waals surface area (Å²) in [5.74, 6) is 0. The van der Waals surface area contributed by atoms with Crippen molar-refractivity contribution in [1.82, 2.24) is 14.6 Å². The zero-order chi connectivity index (χ0) is 16.4. The average molecular weight is 389 g/mol. The molecule has 0 radical (unpaired) electrons. The molecule has 118 valence electrons. The summed E-state index contributed by atoms with van der Waals surface area (Å²) in [7, 11) is 0. The third-order valence-corrected chi connectivity index (χ3v) is 6.54. The van der Waals surface area contributed by atoms with Gasteiger partial charge in [0.05, 0.1) is 26.8 Å². The van der Waals surface area contributed by atoms with E-state index >= 15 is 0 Å². The first-order valence-electron chi connectivity index (χ1n) is 7.49. The molecule has 0 N–H and O–H groups in total. The van der Waals surface area contributed by atoms with E-state index in [0.717, 1.165) is 21.4 Å². The zero-order valence-corrected chi connectivity index (χ0v) is 15.9. The molecule has 23 heavy (non-hydrogen) atoms. The minimum atomic E-state index is -0.184. The highest BCUT2D eigenvalue weighted by Gasteiger charge is 2.44. The molecule has 3 aromatic rings. The van der Waals surface area contributed by atoms with Crippen LogP contribution in [0.3, 0.4) is 0 Å². The molecular weight excluding hydrogens is 372 g/mol. The van der Waals surface area contributed by atoms with E-state index in [1.807, 2.05) is 12.4 Å². The van der Waals surface area contributed by atoms with Crippen molar-refractivity contribution in [3.8, 4) is 0 Å². The zero-order valence-electron chi connectivity index (χ0n) is 13.5. The molecule has 0 aromatic carbocycles. The number of thiophene rings is 1. The molecule has 0 fully saturated rings. The lowest BCUT2D eigenvalue weighted by atomic mass is 9.68. The summed E-state index contributed by atoms with van der Waals surface area (Å²) < 4.78 is 2.69. The van der Waals surface area contributed by atoms with Crippen LogP contribution in [0.15, 0.2) is 39.5 Å². The van der Waals surface area contributed by atoms with Crippen LogP contribution in [0.5, 0.6) is 0 Å². The molecule has 0 saturated carbocycles. The number of aromatic nitrogens is 3. The van der Waals surface area contributed by atoms with Crippen LogP contribution in [0.25, 0.3) is 5.65 Å². The lowest BCUT2D eigenvalue weighted by Crippen LogP contribution is -2.45. The predicted molar refractivity (Wildman–Crippen MR) is 97.8 cm³/mol. The quantitative estimate of drug-likeness (QED) is 0.617. The monoisotopic (exact) mass is 388 g/mol. The minimum Gasteiger partial charge on any atom is -0.276 e. The second-order valence-electron chi connectivity index (χ2n) is 6.91. The van der Waals surface area contributed by atoms with E-state index in [4.69, 9.17) is 4.99 Å². The highest BCUT2D eigenvalue weighted by Crippen LogP contribution is 2.45. The fourth-order valence-electron chi connectivity index (χ4n) is 2.95. The van der Waals surface area contributed by atoms with Crippen molar-refractivity contribution in [3.63, 3.8) is 0 Å². The van der Waals surface area contributed by atoms with E-state index in [1.165, 1.54) is 10.4 Å². The number of halogens is 1. The van der Waals surface area contributed by atoms with Crippen molar-refractivity contribution in [2.45, 2.75) is 38.6 Å². The fraction of sp³-hybridized carbons (Fsp3) is 0.353. The molecule has 4 rings (SSSR count). The van der Waals surface area contributed by atoms with Gasteiger partial charge in [0.25, 0.3) is 0 Å². The van der Waals surface area contributed by atoms with E-state index in [2.05, 4.69) is 65.2 Å². The Morgan fingerprint density at radius 1 is 1.17 bits per heavy atom. The lowest BCUT2D eigenvalue weighted by Gasteiger charge is -2.43. The first-order chi connectivity index (χ1) is 10.8. The van der Waals surface area contributed by atoms with Crippen LogP contribution in [0, 0.1) is 0 Å². The Balaban J connectivity index is 1.95. The van der Waals surface area contributed by atoms with Crippen LogP contribution in [0.4, 0.5) is 0 Å². The van der Waals surface area contributed by atoms with Gasteiger partial charge in [0, 0.05) is 23.4 Å². The molecule has 0 unspecified atom stereocenters.